The monoisotopic (exact) mass is 427 g/mol. The van der Waals surface area contributed by atoms with Gasteiger partial charge in [0.2, 0.25) is 0 Å². The number of amides is 2. The number of nitrogens with zero attached hydrogens (tertiary/aromatic N) is 1. The van der Waals surface area contributed by atoms with Crippen LogP contribution in [0.15, 0.2) is 53.4 Å². The van der Waals surface area contributed by atoms with Gasteiger partial charge in [0.1, 0.15) is 0 Å². The summed E-state index contributed by atoms with van der Waals surface area (Å²) < 4.78 is 23.9. The molecule has 0 aromatic heterocycles. The summed E-state index contributed by atoms with van der Waals surface area (Å²) in [6.45, 7) is 3.29. The topological polar surface area (TPSA) is 78.5 Å². The Bertz CT molecular complexity index is 975. The number of urea groups is 1. The highest BCUT2D eigenvalue weighted by atomic mass is 32.2. The molecule has 2 amide bonds. The van der Waals surface area contributed by atoms with E-state index in [1.54, 1.807) is 19.1 Å². The summed E-state index contributed by atoms with van der Waals surface area (Å²) in [5, 5.41) is 5.99. The molecule has 1 aliphatic heterocycles. The average molecular weight is 428 g/mol. The smallest absolute Gasteiger partial charge is 0.319 e. The van der Waals surface area contributed by atoms with Crippen LogP contribution in [0.5, 0.6) is 0 Å². The fourth-order valence-electron chi connectivity index (χ4n) is 3.92. The maximum Gasteiger partial charge on any atom is 0.319 e. The number of carbonyl (C=O) groups excluding carboxylic acids is 1. The first-order valence-electron chi connectivity index (χ1n) is 10.7. The van der Waals surface area contributed by atoms with E-state index in [2.05, 4.69) is 27.7 Å². The fraction of sp³-hybridized carbons (Fsp3) is 0.435. The van der Waals surface area contributed by atoms with E-state index in [-0.39, 0.29) is 17.8 Å². The Hall–Kier alpha value is -2.54. The van der Waals surface area contributed by atoms with Crippen LogP contribution in [0.4, 0.5) is 16.2 Å². The quantitative estimate of drug-likeness (QED) is 0.726. The van der Waals surface area contributed by atoms with Crippen molar-refractivity contribution in [3.63, 3.8) is 0 Å². The highest BCUT2D eigenvalue weighted by Gasteiger charge is 2.24. The molecule has 6 nitrogen and oxygen atoms in total. The predicted molar refractivity (Wildman–Crippen MR) is 120 cm³/mol. The molecule has 1 aliphatic carbocycles. The lowest BCUT2D eigenvalue weighted by atomic mass is 10.0. The van der Waals surface area contributed by atoms with Gasteiger partial charge in [-0.25, -0.2) is 13.2 Å². The van der Waals surface area contributed by atoms with Crippen molar-refractivity contribution in [3.8, 4) is 0 Å². The van der Waals surface area contributed by atoms with Crippen molar-refractivity contribution in [1.29, 1.82) is 0 Å². The lowest BCUT2D eigenvalue weighted by Crippen LogP contribution is -2.46. The largest absolute Gasteiger partial charge is 0.371 e. The lowest BCUT2D eigenvalue weighted by molar-refractivity contribution is 0.246. The second-order valence-corrected chi connectivity index (χ2v) is 10.4. The van der Waals surface area contributed by atoms with E-state index in [9.17, 15) is 13.2 Å². The molecular weight excluding hydrogens is 398 g/mol. The van der Waals surface area contributed by atoms with E-state index in [1.165, 1.54) is 18.4 Å². The molecule has 2 aromatic carbocycles. The van der Waals surface area contributed by atoms with Gasteiger partial charge in [-0.3, -0.25) is 0 Å². The number of benzene rings is 2. The normalized spacial score (nSPS) is 17.6. The average Bonchev–Trinajstić information content (AvgIpc) is 3.60. The fourth-order valence-corrected chi connectivity index (χ4v) is 4.80. The van der Waals surface area contributed by atoms with Gasteiger partial charge in [-0.05, 0) is 73.6 Å². The molecule has 1 saturated heterocycles. The molecule has 7 heteroatoms. The molecule has 0 radical (unpaired) electrons. The first-order valence-corrected chi connectivity index (χ1v) is 12.3. The molecule has 2 aromatic rings. The molecule has 0 atom stereocenters. The second-order valence-electron chi connectivity index (χ2n) is 8.15. The highest BCUT2D eigenvalue weighted by molar-refractivity contribution is 7.91. The molecule has 2 fully saturated rings. The molecule has 30 heavy (non-hydrogen) atoms. The summed E-state index contributed by atoms with van der Waals surface area (Å²) >= 11 is 0. The van der Waals surface area contributed by atoms with Gasteiger partial charge in [0.25, 0.3) is 0 Å². The van der Waals surface area contributed by atoms with Gasteiger partial charge in [0.15, 0.2) is 9.84 Å². The number of carbonyl (C=O) groups is 1. The molecule has 1 heterocycles. The van der Waals surface area contributed by atoms with Crippen molar-refractivity contribution in [2.75, 3.05) is 29.1 Å². The SMILES string of the molecule is CCS(=O)(=O)c1ccc(N2CCC(NC(=O)Nc3ccc(C4CC4)cc3)CC2)cc1. The first-order chi connectivity index (χ1) is 14.4. The van der Waals surface area contributed by atoms with Crippen LogP contribution >= 0.6 is 0 Å². The summed E-state index contributed by atoms with van der Waals surface area (Å²) in [4.78, 5) is 14.9. The van der Waals surface area contributed by atoms with E-state index >= 15 is 0 Å². The summed E-state index contributed by atoms with van der Waals surface area (Å²) in [6, 6.07) is 15.2. The molecule has 160 valence electrons. The zero-order valence-electron chi connectivity index (χ0n) is 17.3. The number of piperidine rings is 1. The number of sulfone groups is 1. The third-order valence-electron chi connectivity index (χ3n) is 5.99. The van der Waals surface area contributed by atoms with E-state index in [0.29, 0.717) is 10.8 Å². The van der Waals surface area contributed by atoms with Crippen LogP contribution in [0, 0.1) is 0 Å². The van der Waals surface area contributed by atoms with Crippen LogP contribution < -0.4 is 15.5 Å². The maximum atomic E-state index is 12.3. The number of nitrogens with one attached hydrogen (secondary N) is 2. The van der Waals surface area contributed by atoms with Gasteiger partial charge in [-0.15, -0.1) is 0 Å². The summed E-state index contributed by atoms with van der Waals surface area (Å²) in [7, 11) is -3.17. The third kappa shape index (κ3) is 4.95. The number of rotatable bonds is 6. The Labute approximate surface area is 178 Å². The molecule has 4 rings (SSSR count). The van der Waals surface area contributed by atoms with E-state index in [0.717, 1.165) is 37.3 Å². The lowest BCUT2D eigenvalue weighted by Gasteiger charge is -2.34. The van der Waals surface area contributed by atoms with Crippen LogP contribution in [0.25, 0.3) is 0 Å². The van der Waals surface area contributed by atoms with Crippen molar-refractivity contribution in [1.82, 2.24) is 5.32 Å². The Morgan fingerprint density at radius 1 is 0.967 bits per heavy atom. The molecule has 0 unspecified atom stereocenters. The van der Waals surface area contributed by atoms with Gasteiger partial charge >= 0.3 is 6.03 Å². The minimum Gasteiger partial charge on any atom is -0.371 e. The van der Waals surface area contributed by atoms with Crippen LogP contribution in [0.3, 0.4) is 0 Å². The van der Waals surface area contributed by atoms with Gasteiger partial charge in [-0.1, -0.05) is 19.1 Å². The second kappa shape index (κ2) is 8.68. The van der Waals surface area contributed by atoms with Crippen molar-refractivity contribution in [2.24, 2.45) is 0 Å². The predicted octanol–water partition coefficient (Wildman–Crippen LogP) is 4.15. The number of anilines is 2. The molecule has 2 aliphatic rings. The Morgan fingerprint density at radius 3 is 2.17 bits per heavy atom. The molecular formula is C23H29N3O3S. The minimum atomic E-state index is -3.17. The maximum absolute atomic E-state index is 12.3. The van der Waals surface area contributed by atoms with Crippen molar-refractivity contribution < 1.29 is 13.2 Å². The Kier molecular flexibility index (Phi) is 5.99. The summed E-state index contributed by atoms with van der Waals surface area (Å²) in [5.74, 6) is 0.821. The Balaban J connectivity index is 1.25. The number of hydrogen-bond donors (Lipinski definition) is 2. The third-order valence-corrected chi connectivity index (χ3v) is 7.74. The molecule has 2 N–H and O–H groups in total. The van der Waals surface area contributed by atoms with Crippen molar-refractivity contribution in [3.05, 3.63) is 54.1 Å². The minimum absolute atomic E-state index is 0.107. The molecule has 0 bridgehead atoms. The van der Waals surface area contributed by atoms with E-state index in [1.807, 2.05) is 24.3 Å². The number of hydrogen-bond acceptors (Lipinski definition) is 4. The van der Waals surface area contributed by atoms with Gasteiger partial charge in [-0.2, -0.15) is 0 Å². The van der Waals surface area contributed by atoms with Gasteiger partial charge < -0.3 is 15.5 Å². The summed E-state index contributed by atoms with van der Waals surface area (Å²) in [5.41, 5.74) is 3.19. The van der Waals surface area contributed by atoms with Crippen LogP contribution in [0.2, 0.25) is 0 Å². The molecule has 0 spiro atoms. The Morgan fingerprint density at radius 2 is 1.60 bits per heavy atom. The van der Waals surface area contributed by atoms with Gasteiger partial charge in [0.05, 0.1) is 10.6 Å². The molecule has 1 saturated carbocycles. The van der Waals surface area contributed by atoms with E-state index in [4.69, 9.17) is 0 Å². The standard InChI is InChI=1S/C23H29N3O3S/c1-2-30(28,29)22-11-9-21(10-12-22)26-15-13-20(14-16-26)25-23(27)24-19-7-5-18(6-8-19)17-3-4-17/h5-12,17,20H,2-4,13-16H2,1H3,(H2,24,25,27). The highest BCUT2D eigenvalue weighted by Crippen LogP contribution is 2.40. The van der Waals surface area contributed by atoms with Gasteiger partial charge in [0, 0.05) is 30.5 Å². The van der Waals surface area contributed by atoms with Crippen LogP contribution in [0.1, 0.15) is 44.1 Å². The zero-order valence-corrected chi connectivity index (χ0v) is 18.1. The van der Waals surface area contributed by atoms with Crippen molar-refractivity contribution in [2.45, 2.75) is 49.5 Å². The van der Waals surface area contributed by atoms with Crippen LogP contribution in [-0.4, -0.2) is 39.3 Å². The van der Waals surface area contributed by atoms with Crippen LogP contribution in [-0.2, 0) is 9.84 Å². The summed E-state index contributed by atoms with van der Waals surface area (Å²) in [6.07, 6.45) is 4.24. The first kappa shape index (κ1) is 20.7. The zero-order chi connectivity index (χ0) is 21.1. The van der Waals surface area contributed by atoms with Crippen molar-refractivity contribution >= 4 is 27.2 Å². The van der Waals surface area contributed by atoms with E-state index < -0.39 is 9.84 Å².